The number of carbonyl (C=O) groups is 1. The molecule has 1 amide bonds. The number of aryl methyl sites for hydroxylation is 2. The molecule has 0 aliphatic heterocycles. The van der Waals surface area contributed by atoms with Crippen molar-refractivity contribution in [2.75, 3.05) is 13.2 Å². The molecular formula is C15H21NO3. The summed E-state index contributed by atoms with van der Waals surface area (Å²) < 4.78 is 5.55. The molecule has 1 aliphatic rings. The molecule has 0 aromatic heterocycles. The van der Waals surface area contributed by atoms with Crippen molar-refractivity contribution >= 4 is 5.91 Å². The van der Waals surface area contributed by atoms with Crippen LogP contribution in [0.5, 0.6) is 5.75 Å². The minimum Gasteiger partial charge on any atom is -0.483 e. The number of aliphatic hydroxyl groups is 1. The Kier molecular flexibility index (Phi) is 4.10. The van der Waals surface area contributed by atoms with Crippen molar-refractivity contribution in [1.29, 1.82) is 0 Å². The van der Waals surface area contributed by atoms with Crippen LogP contribution in [-0.2, 0) is 4.79 Å². The van der Waals surface area contributed by atoms with E-state index in [2.05, 4.69) is 5.32 Å². The number of para-hydroxylation sites is 1. The number of rotatable bonds is 5. The molecule has 0 heterocycles. The lowest BCUT2D eigenvalue weighted by Crippen LogP contribution is -2.48. The van der Waals surface area contributed by atoms with E-state index in [1.807, 2.05) is 32.0 Å². The molecule has 4 nitrogen and oxygen atoms in total. The van der Waals surface area contributed by atoms with Gasteiger partial charge in [-0.05, 0) is 44.2 Å². The Balaban J connectivity index is 1.80. The zero-order valence-corrected chi connectivity index (χ0v) is 11.5. The van der Waals surface area contributed by atoms with Gasteiger partial charge in [0, 0.05) is 6.54 Å². The van der Waals surface area contributed by atoms with E-state index < -0.39 is 5.60 Å². The monoisotopic (exact) mass is 263 g/mol. The number of ether oxygens (including phenoxy) is 1. The molecule has 0 unspecified atom stereocenters. The highest BCUT2D eigenvalue weighted by atomic mass is 16.5. The molecule has 1 aromatic carbocycles. The van der Waals surface area contributed by atoms with Crippen LogP contribution < -0.4 is 10.1 Å². The molecule has 0 spiro atoms. The largest absolute Gasteiger partial charge is 0.483 e. The van der Waals surface area contributed by atoms with E-state index in [-0.39, 0.29) is 12.5 Å². The first kappa shape index (κ1) is 13.9. The van der Waals surface area contributed by atoms with Crippen molar-refractivity contribution in [3.05, 3.63) is 29.3 Å². The number of benzene rings is 1. The Labute approximate surface area is 113 Å². The quantitative estimate of drug-likeness (QED) is 0.850. The Bertz CT molecular complexity index is 446. The average Bonchev–Trinajstić information content (AvgIpc) is 2.33. The molecule has 1 fully saturated rings. The smallest absolute Gasteiger partial charge is 0.258 e. The van der Waals surface area contributed by atoms with Gasteiger partial charge in [-0.25, -0.2) is 0 Å². The van der Waals surface area contributed by atoms with Crippen molar-refractivity contribution in [2.45, 2.75) is 38.7 Å². The summed E-state index contributed by atoms with van der Waals surface area (Å²) in [6, 6.07) is 5.87. The number of amides is 1. The summed E-state index contributed by atoms with van der Waals surface area (Å²) in [5.74, 6) is 0.572. The Morgan fingerprint density at radius 1 is 1.37 bits per heavy atom. The highest BCUT2D eigenvalue weighted by Crippen LogP contribution is 2.30. The maximum atomic E-state index is 11.7. The van der Waals surface area contributed by atoms with E-state index in [0.717, 1.165) is 36.1 Å². The second-order valence-corrected chi connectivity index (χ2v) is 5.36. The normalized spacial score (nSPS) is 16.6. The van der Waals surface area contributed by atoms with Crippen LogP contribution in [0.1, 0.15) is 30.4 Å². The maximum Gasteiger partial charge on any atom is 0.258 e. The van der Waals surface area contributed by atoms with Gasteiger partial charge in [0.1, 0.15) is 5.75 Å². The van der Waals surface area contributed by atoms with Crippen molar-refractivity contribution in [2.24, 2.45) is 0 Å². The third-order valence-corrected chi connectivity index (χ3v) is 3.66. The molecule has 1 aliphatic carbocycles. The van der Waals surface area contributed by atoms with Crippen LogP contribution in [-0.4, -0.2) is 29.8 Å². The topological polar surface area (TPSA) is 58.6 Å². The lowest BCUT2D eigenvalue weighted by molar-refractivity contribution is -0.125. The van der Waals surface area contributed by atoms with Gasteiger partial charge in [0.25, 0.3) is 5.91 Å². The number of hydrogen-bond acceptors (Lipinski definition) is 3. The SMILES string of the molecule is Cc1cccc(C)c1OCC(=O)NCC1(O)CCC1. The van der Waals surface area contributed by atoms with Gasteiger partial charge >= 0.3 is 0 Å². The molecule has 0 saturated heterocycles. The van der Waals surface area contributed by atoms with E-state index in [1.165, 1.54) is 0 Å². The molecule has 0 radical (unpaired) electrons. The lowest BCUT2D eigenvalue weighted by Gasteiger charge is -2.36. The van der Waals surface area contributed by atoms with Crippen LogP contribution in [0.3, 0.4) is 0 Å². The molecule has 0 atom stereocenters. The van der Waals surface area contributed by atoms with Crippen molar-refractivity contribution in [1.82, 2.24) is 5.32 Å². The third-order valence-electron chi connectivity index (χ3n) is 3.66. The van der Waals surface area contributed by atoms with Gasteiger partial charge in [-0.1, -0.05) is 18.2 Å². The summed E-state index contributed by atoms with van der Waals surface area (Å²) in [6.45, 7) is 4.22. The lowest BCUT2D eigenvalue weighted by atomic mass is 9.80. The van der Waals surface area contributed by atoms with Crippen LogP contribution in [0.4, 0.5) is 0 Å². The molecular weight excluding hydrogens is 242 g/mol. The second kappa shape index (κ2) is 5.61. The molecule has 104 valence electrons. The fourth-order valence-corrected chi connectivity index (χ4v) is 2.24. The van der Waals surface area contributed by atoms with Crippen LogP contribution in [0.2, 0.25) is 0 Å². The summed E-state index contributed by atoms with van der Waals surface area (Å²) in [5, 5.41) is 12.6. The van der Waals surface area contributed by atoms with E-state index >= 15 is 0 Å². The molecule has 19 heavy (non-hydrogen) atoms. The number of carbonyl (C=O) groups excluding carboxylic acids is 1. The summed E-state index contributed by atoms with van der Waals surface area (Å²) in [4.78, 5) is 11.7. The Hall–Kier alpha value is -1.55. The van der Waals surface area contributed by atoms with E-state index in [9.17, 15) is 9.90 Å². The van der Waals surface area contributed by atoms with Gasteiger partial charge in [-0.15, -0.1) is 0 Å². The van der Waals surface area contributed by atoms with Crippen LogP contribution >= 0.6 is 0 Å². The molecule has 4 heteroatoms. The zero-order valence-electron chi connectivity index (χ0n) is 11.5. The molecule has 2 N–H and O–H groups in total. The summed E-state index contributed by atoms with van der Waals surface area (Å²) in [6.07, 6.45) is 2.57. The molecule has 1 aromatic rings. The zero-order chi connectivity index (χ0) is 13.9. The van der Waals surface area contributed by atoms with Crippen molar-refractivity contribution in [3.63, 3.8) is 0 Å². The fraction of sp³-hybridized carbons (Fsp3) is 0.533. The van der Waals surface area contributed by atoms with Gasteiger partial charge in [-0.3, -0.25) is 4.79 Å². The van der Waals surface area contributed by atoms with Crippen LogP contribution in [0.25, 0.3) is 0 Å². The van der Waals surface area contributed by atoms with Crippen LogP contribution in [0, 0.1) is 13.8 Å². The Morgan fingerprint density at radius 2 is 2.00 bits per heavy atom. The summed E-state index contributed by atoms with van der Waals surface area (Å²) in [5.41, 5.74) is 1.35. The van der Waals surface area contributed by atoms with E-state index in [0.29, 0.717) is 6.54 Å². The van der Waals surface area contributed by atoms with Crippen molar-refractivity contribution < 1.29 is 14.6 Å². The van der Waals surface area contributed by atoms with Crippen molar-refractivity contribution in [3.8, 4) is 5.75 Å². The highest BCUT2D eigenvalue weighted by molar-refractivity contribution is 5.77. The molecule has 1 saturated carbocycles. The summed E-state index contributed by atoms with van der Waals surface area (Å²) in [7, 11) is 0. The van der Waals surface area contributed by atoms with Gasteiger partial charge in [-0.2, -0.15) is 0 Å². The first-order chi connectivity index (χ1) is 9.00. The number of hydrogen-bond donors (Lipinski definition) is 2. The average molecular weight is 263 g/mol. The summed E-state index contributed by atoms with van der Waals surface area (Å²) >= 11 is 0. The molecule has 0 bridgehead atoms. The second-order valence-electron chi connectivity index (χ2n) is 5.36. The van der Waals surface area contributed by atoms with Gasteiger partial charge < -0.3 is 15.2 Å². The van der Waals surface area contributed by atoms with Gasteiger partial charge in [0.15, 0.2) is 6.61 Å². The fourth-order valence-electron chi connectivity index (χ4n) is 2.24. The standard InChI is InChI=1S/C15H21NO3/c1-11-5-3-6-12(2)14(11)19-9-13(17)16-10-15(18)7-4-8-15/h3,5-6,18H,4,7-10H2,1-2H3,(H,16,17). The van der Waals surface area contributed by atoms with E-state index in [4.69, 9.17) is 4.74 Å². The van der Waals surface area contributed by atoms with Gasteiger partial charge in [0.05, 0.1) is 5.60 Å². The minimum atomic E-state index is -0.686. The predicted octanol–water partition coefficient (Wildman–Crippen LogP) is 1.71. The number of nitrogens with one attached hydrogen (secondary N) is 1. The van der Waals surface area contributed by atoms with Gasteiger partial charge in [0.2, 0.25) is 0 Å². The first-order valence-electron chi connectivity index (χ1n) is 6.68. The maximum absolute atomic E-state index is 11.7. The minimum absolute atomic E-state index is 0.0121. The first-order valence-corrected chi connectivity index (χ1v) is 6.68. The Morgan fingerprint density at radius 3 is 2.53 bits per heavy atom. The third kappa shape index (κ3) is 3.47. The molecule has 2 rings (SSSR count). The predicted molar refractivity (Wildman–Crippen MR) is 73.2 cm³/mol. The highest BCUT2D eigenvalue weighted by Gasteiger charge is 2.34. The van der Waals surface area contributed by atoms with E-state index in [1.54, 1.807) is 0 Å². The van der Waals surface area contributed by atoms with Crippen LogP contribution in [0.15, 0.2) is 18.2 Å².